The van der Waals surface area contributed by atoms with E-state index >= 15 is 0 Å². The molecule has 2 N–H and O–H groups in total. The number of rotatable bonds is 5. The monoisotopic (exact) mass is 202 g/mol. The summed E-state index contributed by atoms with van der Waals surface area (Å²) in [6, 6.07) is -0.668. The molecule has 5 nitrogen and oxygen atoms in total. The average molecular weight is 202 g/mol. The molecule has 0 aliphatic carbocycles. The third-order valence-corrected chi connectivity index (χ3v) is 1.90. The molecule has 0 fully saturated rings. The minimum atomic E-state index is -0.924. The highest BCUT2D eigenvalue weighted by atomic mass is 16.4. The smallest absolute Gasteiger partial charge is 0.320 e. The van der Waals surface area contributed by atoms with Crippen LogP contribution in [0, 0.1) is 5.92 Å². The number of hydrogen-bond acceptors (Lipinski definition) is 3. The fourth-order valence-corrected chi connectivity index (χ4v) is 0.964. The van der Waals surface area contributed by atoms with Gasteiger partial charge in [-0.05, 0) is 5.92 Å². The summed E-state index contributed by atoms with van der Waals surface area (Å²) in [6.07, 6.45) is 0. The first kappa shape index (κ1) is 12.9. The summed E-state index contributed by atoms with van der Waals surface area (Å²) in [4.78, 5) is 23.3. The lowest BCUT2D eigenvalue weighted by molar-refractivity contribution is -0.140. The number of hydrogen-bond donors (Lipinski definition) is 2. The second kappa shape index (κ2) is 5.59. The predicted molar refractivity (Wildman–Crippen MR) is 53.0 cm³/mol. The molecule has 0 aromatic heterocycles. The van der Waals surface area contributed by atoms with Crippen LogP contribution in [0.3, 0.4) is 0 Å². The van der Waals surface area contributed by atoms with Crippen LogP contribution in [0.1, 0.15) is 13.8 Å². The fraction of sp³-hybridized carbons (Fsp3) is 0.778. The van der Waals surface area contributed by atoms with Crippen molar-refractivity contribution in [2.75, 3.05) is 20.6 Å². The van der Waals surface area contributed by atoms with Crippen LogP contribution in [0.15, 0.2) is 0 Å². The summed E-state index contributed by atoms with van der Waals surface area (Å²) in [5.41, 5.74) is 0. The van der Waals surface area contributed by atoms with Crippen LogP contribution in [0.4, 0.5) is 0 Å². The third kappa shape index (κ3) is 4.23. The second-order valence-corrected chi connectivity index (χ2v) is 3.73. The first-order valence-electron chi connectivity index (χ1n) is 4.52. The summed E-state index contributed by atoms with van der Waals surface area (Å²) in [7, 11) is 3.27. The van der Waals surface area contributed by atoms with Crippen molar-refractivity contribution in [2.45, 2.75) is 19.9 Å². The molecule has 0 bridgehead atoms. The van der Waals surface area contributed by atoms with Crippen LogP contribution in [0.2, 0.25) is 0 Å². The lowest BCUT2D eigenvalue weighted by Gasteiger charge is -2.18. The fourth-order valence-electron chi connectivity index (χ4n) is 0.964. The summed E-state index contributed by atoms with van der Waals surface area (Å²) in [5.74, 6) is -1.09. The maximum Gasteiger partial charge on any atom is 0.320 e. The first-order valence-corrected chi connectivity index (χ1v) is 4.52. The van der Waals surface area contributed by atoms with Gasteiger partial charge in [0.2, 0.25) is 5.91 Å². The number of aliphatic carboxylic acids is 1. The van der Waals surface area contributed by atoms with Crippen molar-refractivity contribution >= 4 is 11.9 Å². The van der Waals surface area contributed by atoms with E-state index in [9.17, 15) is 9.59 Å². The van der Waals surface area contributed by atoms with Crippen molar-refractivity contribution in [3.63, 3.8) is 0 Å². The topological polar surface area (TPSA) is 69.6 Å². The van der Waals surface area contributed by atoms with Gasteiger partial charge in [0.1, 0.15) is 6.04 Å². The van der Waals surface area contributed by atoms with Gasteiger partial charge in [0.05, 0.1) is 6.54 Å². The third-order valence-electron chi connectivity index (χ3n) is 1.90. The molecular weight excluding hydrogens is 184 g/mol. The van der Waals surface area contributed by atoms with Gasteiger partial charge in [-0.1, -0.05) is 13.8 Å². The molecule has 0 saturated heterocycles. The van der Waals surface area contributed by atoms with Crippen LogP contribution in [0.25, 0.3) is 0 Å². The number of carboxylic acids is 1. The Balaban J connectivity index is 4.08. The van der Waals surface area contributed by atoms with Crippen molar-refractivity contribution < 1.29 is 14.7 Å². The molecule has 0 radical (unpaired) electrons. The van der Waals surface area contributed by atoms with Crippen LogP contribution in [0.5, 0.6) is 0 Å². The standard InChI is InChI=1S/C9H18N2O3/c1-6(2)8(9(13)14)10-5-7(12)11(3)4/h6,8,10H,5H2,1-4H3,(H,13,14). The van der Waals surface area contributed by atoms with E-state index in [2.05, 4.69) is 5.32 Å². The molecule has 0 aromatic carbocycles. The van der Waals surface area contributed by atoms with Crippen LogP contribution >= 0.6 is 0 Å². The lowest BCUT2D eigenvalue weighted by atomic mass is 10.1. The molecule has 0 aliphatic heterocycles. The first-order chi connectivity index (χ1) is 6.36. The molecule has 14 heavy (non-hydrogen) atoms. The van der Waals surface area contributed by atoms with Gasteiger partial charge in [-0.2, -0.15) is 0 Å². The predicted octanol–water partition coefficient (Wildman–Crippen LogP) is -0.227. The van der Waals surface area contributed by atoms with E-state index in [0.717, 1.165) is 0 Å². The Bertz CT molecular complexity index is 214. The van der Waals surface area contributed by atoms with Gasteiger partial charge in [0.15, 0.2) is 0 Å². The number of likely N-dealkylation sites (N-methyl/N-ethyl adjacent to an activating group) is 1. The summed E-state index contributed by atoms with van der Waals surface area (Å²) >= 11 is 0. The SMILES string of the molecule is CC(C)C(NCC(=O)N(C)C)C(=O)O. The molecule has 0 aromatic rings. The number of nitrogens with zero attached hydrogens (tertiary/aromatic N) is 1. The molecule has 1 amide bonds. The van der Waals surface area contributed by atoms with Gasteiger partial charge in [0.25, 0.3) is 0 Å². The quantitative estimate of drug-likeness (QED) is 0.646. The van der Waals surface area contributed by atoms with Crippen LogP contribution < -0.4 is 5.32 Å². The van der Waals surface area contributed by atoms with Gasteiger partial charge in [-0.25, -0.2) is 0 Å². The van der Waals surface area contributed by atoms with E-state index in [1.54, 1.807) is 27.9 Å². The minimum Gasteiger partial charge on any atom is -0.480 e. The van der Waals surface area contributed by atoms with E-state index in [1.165, 1.54) is 4.90 Å². The van der Waals surface area contributed by atoms with Gasteiger partial charge in [-0.3, -0.25) is 14.9 Å². The maximum atomic E-state index is 11.2. The summed E-state index contributed by atoms with van der Waals surface area (Å²) < 4.78 is 0. The zero-order chi connectivity index (χ0) is 11.3. The molecule has 1 atom stereocenters. The summed E-state index contributed by atoms with van der Waals surface area (Å²) in [5, 5.41) is 11.5. The Kier molecular flexibility index (Phi) is 5.15. The van der Waals surface area contributed by atoms with Crippen molar-refractivity contribution in [1.29, 1.82) is 0 Å². The highest BCUT2D eigenvalue weighted by molar-refractivity contribution is 5.79. The highest BCUT2D eigenvalue weighted by Gasteiger charge is 2.21. The van der Waals surface area contributed by atoms with E-state index < -0.39 is 12.0 Å². The number of nitrogens with one attached hydrogen (secondary N) is 1. The normalized spacial score (nSPS) is 12.6. The number of carboxylic acid groups (broad SMARTS) is 1. The highest BCUT2D eigenvalue weighted by Crippen LogP contribution is 2.00. The Labute approximate surface area is 84.1 Å². The van der Waals surface area contributed by atoms with E-state index in [-0.39, 0.29) is 18.4 Å². The molecule has 0 spiro atoms. The van der Waals surface area contributed by atoms with Gasteiger partial charge in [0, 0.05) is 14.1 Å². The van der Waals surface area contributed by atoms with Crippen molar-refractivity contribution in [1.82, 2.24) is 10.2 Å². The Morgan fingerprint density at radius 3 is 2.14 bits per heavy atom. The molecule has 0 heterocycles. The van der Waals surface area contributed by atoms with E-state index in [1.807, 2.05) is 0 Å². The molecule has 5 heteroatoms. The summed E-state index contributed by atoms with van der Waals surface area (Å²) in [6.45, 7) is 3.65. The van der Waals surface area contributed by atoms with Crippen LogP contribution in [-0.4, -0.2) is 48.6 Å². The van der Waals surface area contributed by atoms with Gasteiger partial charge < -0.3 is 10.0 Å². The molecule has 0 rings (SSSR count). The molecule has 0 aliphatic rings. The van der Waals surface area contributed by atoms with Crippen molar-refractivity contribution in [3.8, 4) is 0 Å². The Hall–Kier alpha value is -1.10. The zero-order valence-electron chi connectivity index (χ0n) is 9.07. The maximum absolute atomic E-state index is 11.2. The number of carbonyl (C=O) groups is 2. The second-order valence-electron chi connectivity index (χ2n) is 3.73. The Morgan fingerprint density at radius 2 is 1.86 bits per heavy atom. The lowest BCUT2D eigenvalue weighted by Crippen LogP contribution is -2.45. The van der Waals surface area contributed by atoms with Crippen molar-refractivity contribution in [2.24, 2.45) is 5.92 Å². The van der Waals surface area contributed by atoms with Gasteiger partial charge >= 0.3 is 5.97 Å². The molecule has 1 unspecified atom stereocenters. The largest absolute Gasteiger partial charge is 0.480 e. The minimum absolute atomic E-state index is 0.0394. The molecule has 0 saturated carbocycles. The van der Waals surface area contributed by atoms with Crippen LogP contribution in [-0.2, 0) is 9.59 Å². The van der Waals surface area contributed by atoms with E-state index in [0.29, 0.717) is 0 Å². The van der Waals surface area contributed by atoms with Gasteiger partial charge in [-0.15, -0.1) is 0 Å². The van der Waals surface area contributed by atoms with Crippen molar-refractivity contribution in [3.05, 3.63) is 0 Å². The number of amides is 1. The zero-order valence-corrected chi connectivity index (χ0v) is 9.07. The van der Waals surface area contributed by atoms with E-state index in [4.69, 9.17) is 5.11 Å². The Morgan fingerprint density at radius 1 is 1.36 bits per heavy atom. The molecular formula is C9H18N2O3. The average Bonchev–Trinajstić information content (AvgIpc) is 2.02. The number of carbonyl (C=O) groups excluding carboxylic acids is 1. The molecule has 82 valence electrons.